The average molecular weight is 278 g/mol. The minimum Gasteiger partial charge on any atom is -0.472 e. The molecule has 2 rings (SSSR count). The van der Waals surface area contributed by atoms with E-state index in [0.717, 1.165) is 24.9 Å². The Kier molecular flexibility index (Phi) is 6.11. The summed E-state index contributed by atoms with van der Waals surface area (Å²) in [4.78, 5) is 2.44. The van der Waals surface area contributed by atoms with E-state index in [1.54, 1.807) is 6.26 Å². The van der Waals surface area contributed by atoms with Crippen LogP contribution in [0.1, 0.15) is 45.1 Å². The number of rotatable bonds is 7. The molecule has 1 aliphatic rings. The Balaban J connectivity index is 1.85. The van der Waals surface area contributed by atoms with Gasteiger partial charge in [0.1, 0.15) is 0 Å². The third-order valence-electron chi connectivity index (χ3n) is 4.48. The minimum atomic E-state index is 0.706. The molecule has 0 amide bonds. The summed E-state index contributed by atoms with van der Waals surface area (Å²) in [6.07, 6.45) is 8.92. The molecular weight excluding hydrogens is 248 g/mol. The Morgan fingerprint density at radius 3 is 2.95 bits per heavy atom. The highest BCUT2D eigenvalue weighted by atomic mass is 16.3. The topological polar surface area (TPSA) is 28.4 Å². The van der Waals surface area contributed by atoms with Gasteiger partial charge in [-0.15, -0.1) is 0 Å². The number of nitrogens with one attached hydrogen (secondary N) is 1. The molecule has 0 aliphatic heterocycles. The summed E-state index contributed by atoms with van der Waals surface area (Å²) in [5.74, 6) is 1.66. The van der Waals surface area contributed by atoms with Gasteiger partial charge in [-0.05, 0) is 57.2 Å². The van der Waals surface area contributed by atoms with Crippen molar-refractivity contribution < 1.29 is 4.42 Å². The summed E-state index contributed by atoms with van der Waals surface area (Å²) in [6, 6.07) is 2.77. The average Bonchev–Trinajstić information content (AvgIpc) is 2.90. The van der Waals surface area contributed by atoms with Crippen molar-refractivity contribution in [2.75, 3.05) is 20.1 Å². The van der Waals surface area contributed by atoms with E-state index in [9.17, 15) is 0 Å². The van der Waals surface area contributed by atoms with E-state index in [4.69, 9.17) is 4.42 Å². The second-order valence-electron chi connectivity index (χ2n) is 6.57. The molecule has 3 heteroatoms. The third-order valence-corrected chi connectivity index (χ3v) is 4.48. The molecule has 1 aliphatic carbocycles. The second-order valence-corrected chi connectivity index (χ2v) is 6.57. The molecule has 0 saturated heterocycles. The fourth-order valence-corrected chi connectivity index (χ4v) is 3.46. The normalized spacial score (nSPS) is 27.1. The van der Waals surface area contributed by atoms with Gasteiger partial charge >= 0.3 is 0 Å². The van der Waals surface area contributed by atoms with Crippen molar-refractivity contribution in [1.29, 1.82) is 0 Å². The SMILES string of the molecule is CCCNC1CCC(C)CC1CN(C)Cc1ccoc1. The van der Waals surface area contributed by atoms with Gasteiger partial charge in [0.25, 0.3) is 0 Å². The van der Waals surface area contributed by atoms with E-state index >= 15 is 0 Å². The molecule has 1 fully saturated rings. The lowest BCUT2D eigenvalue weighted by Crippen LogP contribution is -2.45. The third kappa shape index (κ3) is 4.64. The molecule has 3 unspecified atom stereocenters. The van der Waals surface area contributed by atoms with Crippen LogP contribution in [0.5, 0.6) is 0 Å². The second kappa shape index (κ2) is 7.84. The maximum atomic E-state index is 5.16. The number of furan rings is 1. The quantitative estimate of drug-likeness (QED) is 0.827. The summed E-state index contributed by atoms with van der Waals surface area (Å²) in [5.41, 5.74) is 1.27. The number of hydrogen-bond acceptors (Lipinski definition) is 3. The van der Waals surface area contributed by atoms with Crippen molar-refractivity contribution in [3.05, 3.63) is 24.2 Å². The molecule has 114 valence electrons. The first-order chi connectivity index (χ1) is 9.69. The molecule has 1 N–H and O–H groups in total. The zero-order chi connectivity index (χ0) is 14.4. The fourth-order valence-electron chi connectivity index (χ4n) is 3.46. The molecule has 1 aromatic heterocycles. The highest BCUT2D eigenvalue weighted by Crippen LogP contribution is 2.29. The number of nitrogens with zero attached hydrogens (tertiary/aromatic N) is 1. The monoisotopic (exact) mass is 278 g/mol. The molecule has 3 nitrogen and oxygen atoms in total. The lowest BCUT2D eigenvalue weighted by Gasteiger charge is -2.37. The van der Waals surface area contributed by atoms with E-state index < -0.39 is 0 Å². The molecule has 0 radical (unpaired) electrons. The van der Waals surface area contributed by atoms with E-state index in [2.05, 4.69) is 37.2 Å². The van der Waals surface area contributed by atoms with Gasteiger partial charge < -0.3 is 14.6 Å². The fraction of sp³-hybridized carbons (Fsp3) is 0.765. The van der Waals surface area contributed by atoms with Gasteiger partial charge in [0, 0.05) is 24.7 Å². The highest BCUT2D eigenvalue weighted by Gasteiger charge is 2.28. The first kappa shape index (κ1) is 15.6. The highest BCUT2D eigenvalue weighted by molar-refractivity contribution is 5.04. The maximum absolute atomic E-state index is 5.16. The summed E-state index contributed by atoms with van der Waals surface area (Å²) in [7, 11) is 2.23. The summed E-state index contributed by atoms with van der Waals surface area (Å²) < 4.78 is 5.16. The van der Waals surface area contributed by atoms with Crippen molar-refractivity contribution in [1.82, 2.24) is 10.2 Å². The molecule has 0 aromatic carbocycles. The Bertz CT molecular complexity index is 361. The van der Waals surface area contributed by atoms with Crippen LogP contribution in [0, 0.1) is 11.8 Å². The van der Waals surface area contributed by atoms with Crippen LogP contribution in [-0.4, -0.2) is 31.1 Å². The van der Waals surface area contributed by atoms with Gasteiger partial charge in [-0.3, -0.25) is 0 Å². The van der Waals surface area contributed by atoms with E-state index in [-0.39, 0.29) is 0 Å². The lowest BCUT2D eigenvalue weighted by atomic mass is 9.78. The zero-order valence-electron chi connectivity index (χ0n) is 13.3. The van der Waals surface area contributed by atoms with Gasteiger partial charge in [-0.2, -0.15) is 0 Å². The first-order valence-corrected chi connectivity index (χ1v) is 8.12. The van der Waals surface area contributed by atoms with Crippen LogP contribution in [0.4, 0.5) is 0 Å². The molecule has 3 atom stereocenters. The van der Waals surface area contributed by atoms with Crippen molar-refractivity contribution in [2.45, 2.75) is 52.1 Å². The molecule has 1 saturated carbocycles. The smallest absolute Gasteiger partial charge is 0.0947 e. The Morgan fingerprint density at radius 2 is 2.25 bits per heavy atom. The molecular formula is C17H30N2O. The van der Waals surface area contributed by atoms with Crippen molar-refractivity contribution in [3.63, 3.8) is 0 Å². The molecule has 0 bridgehead atoms. The van der Waals surface area contributed by atoms with Gasteiger partial charge in [-0.1, -0.05) is 13.8 Å². The predicted molar refractivity (Wildman–Crippen MR) is 83.6 cm³/mol. The summed E-state index contributed by atoms with van der Waals surface area (Å²) in [6.45, 7) is 7.97. The largest absolute Gasteiger partial charge is 0.472 e. The van der Waals surface area contributed by atoms with Crippen LogP contribution in [-0.2, 0) is 6.54 Å². The lowest BCUT2D eigenvalue weighted by molar-refractivity contribution is 0.157. The van der Waals surface area contributed by atoms with Crippen LogP contribution in [0.15, 0.2) is 23.0 Å². The zero-order valence-corrected chi connectivity index (χ0v) is 13.3. The summed E-state index contributed by atoms with van der Waals surface area (Å²) >= 11 is 0. The minimum absolute atomic E-state index is 0.706. The maximum Gasteiger partial charge on any atom is 0.0947 e. The van der Waals surface area contributed by atoms with Gasteiger partial charge in [0.15, 0.2) is 0 Å². The predicted octanol–water partition coefficient (Wildman–Crippen LogP) is 3.52. The van der Waals surface area contributed by atoms with E-state index in [1.807, 2.05) is 6.26 Å². The van der Waals surface area contributed by atoms with Crippen LogP contribution >= 0.6 is 0 Å². The Hall–Kier alpha value is -0.800. The van der Waals surface area contributed by atoms with Gasteiger partial charge in [-0.25, -0.2) is 0 Å². The van der Waals surface area contributed by atoms with Crippen molar-refractivity contribution in [2.24, 2.45) is 11.8 Å². The molecule has 1 heterocycles. The van der Waals surface area contributed by atoms with E-state index in [1.165, 1.54) is 37.8 Å². The standard InChI is InChI=1S/C17H30N2O/c1-4-8-18-17-6-5-14(2)10-16(17)12-19(3)11-15-7-9-20-13-15/h7,9,13-14,16-18H,4-6,8,10-12H2,1-3H3. The molecule has 0 spiro atoms. The van der Waals surface area contributed by atoms with Crippen LogP contribution in [0.3, 0.4) is 0 Å². The first-order valence-electron chi connectivity index (χ1n) is 8.12. The van der Waals surface area contributed by atoms with Crippen molar-refractivity contribution in [3.8, 4) is 0 Å². The van der Waals surface area contributed by atoms with Gasteiger partial charge in [0.05, 0.1) is 12.5 Å². The van der Waals surface area contributed by atoms with Crippen LogP contribution in [0.2, 0.25) is 0 Å². The Morgan fingerprint density at radius 1 is 1.40 bits per heavy atom. The molecule has 20 heavy (non-hydrogen) atoms. The van der Waals surface area contributed by atoms with Gasteiger partial charge in [0.2, 0.25) is 0 Å². The van der Waals surface area contributed by atoms with Crippen LogP contribution < -0.4 is 5.32 Å². The summed E-state index contributed by atoms with van der Waals surface area (Å²) in [5, 5.41) is 3.76. The Labute approximate surface area is 123 Å². The number of hydrogen-bond donors (Lipinski definition) is 1. The molecule has 1 aromatic rings. The van der Waals surface area contributed by atoms with E-state index in [0.29, 0.717) is 6.04 Å². The van der Waals surface area contributed by atoms with Crippen LogP contribution in [0.25, 0.3) is 0 Å². The van der Waals surface area contributed by atoms with Crippen molar-refractivity contribution >= 4 is 0 Å².